The van der Waals surface area contributed by atoms with E-state index in [4.69, 9.17) is 11.6 Å². The van der Waals surface area contributed by atoms with Gasteiger partial charge in [-0.05, 0) is 28.4 Å². The summed E-state index contributed by atoms with van der Waals surface area (Å²) < 4.78 is 2.93. The van der Waals surface area contributed by atoms with E-state index in [-0.39, 0.29) is 0 Å². The third-order valence-electron chi connectivity index (χ3n) is 2.51. The number of nitrogens with one attached hydrogen (secondary N) is 1. The van der Waals surface area contributed by atoms with E-state index in [0.29, 0.717) is 11.7 Å². The quantitative estimate of drug-likeness (QED) is 0.850. The number of aryl methyl sites for hydroxylation is 1. The van der Waals surface area contributed by atoms with Crippen molar-refractivity contribution in [3.63, 3.8) is 0 Å². The number of nitrogens with zero attached hydrogens (tertiary/aromatic N) is 3. The number of hydrogen-bond donors (Lipinski definition) is 1. The van der Waals surface area contributed by atoms with Crippen LogP contribution in [-0.4, -0.2) is 14.5 Å². The van der Waals surface area contributed by atoms with Gasteiger partial charge in [-0.1, -0.05) is 18.5 Å². The maximum absolute atomic E-state index is 5.84. The van der Waals surface area contributed by atoms with Crippen LogP contribution in [-0.2, 0) is 13.1 Å². The van der Waals surface area contributed by atoms with Gasteiger partial charge < -0.3 is 9.88 Å². The predicted octanol–water partition coefficient (Wildman–Crippen LogP) is 3.72. The molecule has 4 nitrogen and oxygen atoms in total. The molecule has 18 heavy (non-hydrogen) atoms. The van der Waals surface area contributed by atoms with Crippen LogP contribution in [0.4, 0.5) is 5.69 Å². The Morgan fingerprint density at radius 1 is 1.44 bits per heavy atom. The first-order valence-corrected chi connectivity index (χ1v) is 6.92. The van der Waals surface area contributed by atoms with Crippen molar-refractivity contribution in [2.45, 2.75) is 26.4 Å². The topological polar surface area (TPSA) is 42.7 Å². The van der Waals surface area contributed by atoms with Gasteiger partial charge in [0.05, 0.1) is 22.9 Å². The second-order valence-corrected chi connectivity index (χ2v) is 5.10. The van der Waals surface area contributed by atoms with Crippen LogP contribution in [0.2, 0.25) is 5.15 Å². The fraction of sp³-hybridized carbons (Fsp3) is 0.333. The minimum absolute atomic E-state index is 0.466. The number of halogens is 2. The second kappa shape index (κ2) is 6.20. The van der Waals surface area contributed by atoms with Crippen LogP contribution >= 0.6 is 27.5 Å². The predicted molar refractivity (Wildman–Crippen MR) is 76.8 cm³/mol. The largest absolute Gasteiger partial charge is 0.377 e. The Balaban J connectivity index is 2.02. The number of imidazole rings is 1. The molecule has 0 fully saturated rings. The molecule has 2 aromatic rings. The molecule has 0 atom stereocenters. The molecule has 2 rings (SSSR count). The van der Waals surface area contributed by atoms with E-state index in [1.807, 2.05) is 18.5 Å². The van der Waals surface area contributed by atoms with Gasteiger partial charge >= 0.3 is 0 Å². The van der Waals surface area contributed by atoms with Gasteiger partial charge in [0.1, 0.15) is 11.0 Å². The highest BCUT2D eigenvalue weighted by atomic mass is 79.9. The minimum atomic E-state index is 0.466. The van der Waals surface area contributed by atoms with Crippen LogP contribution in [0.3, 0.4) is 0 Å². The molecule has 96 valence electrons. The first-order valence-electron chi connectivity index (χ1n) is 5.75. The second-order valence-electron chi connectivity index (χ2n) is 3.89. The normalized spacial score (nSPS) is 10.6. The van der Waals surface area contributed by atoms with Crippen LogP contribution in [0.1, 0.15) is 19.2 Å². The summed E-state index contributed by atoms with van der Waals surface area (Å²) in [5, 5.41) is 3.75. The zero-order chi connectivity index (χ0) is 13.0. The van der Waals surface area contributed by atoms with Crippen molar-refractivity contribution >= 4 is 33.2 Å². The molecule has 2 aromatic heterocycles. The smallest absolute Gasteiger partial charge is 0.143 e. The van der Waals surface area contributed by atoms with Gasteiger partial charge in [0.15, 0.2) is 0 Å². The van der Waals surface area contributed by atoms with E-state index in [0.717, 1.165) is 29.0 Å². The number of anilines is 1. The highest BCUT2D eigenvalue weighted by Crippen LogP contribution is 2.23. The van der Waals surface area contributed by atoms with Gasteiger partial charge in [0, 0.05) is 18.9 Å². The maximum Gasteiger partial charge on any atom is 0.143 e. The van der Waals surface area contributed by atoms with Gasteiger partial charge in [0.2, 0.25) is 0 Å². The highest BCUT2D eigenvalue weighted by Gasteiger charge is 2.03. The van der Waals surface area contributed by atoms with Gasteiger partial charge in [-0.2, -0.15) is 0 Å². The molecule has 0 saturated carbocycles. The summed E-state index contributed by atoms with van der Waals surface area (Å²) >= 11 is 9.19. The SMILES string of the molecule is CCCn1ccnc1CNc1cnc(Cl)c(Br)c1. The van der Waals surface area contributed by atoms with Gasteiger partial charge in [-0.15, -0.1) is 0 Å². The summed E-state index contributed by atoms with van der Waals surface area (Å²) in [6, 6.07) is 1.91. The average molecular weight is 330 g/mol. The molecule has 2 heterocycles. The first-order chi connectivity index (χ1) is 8.70. The molecule has 6 heteroatoms. The Labute approximate surface area is 120 Å². The summed E-state index contributed by atoms with van der Waals surface area (Å²) in [7, 11) is 0. The van der Waals surface area contributed by atoms with Crippen molar-refractivity contribution in [3.05, 3.63) is 40.1 Å². The summed E-state index contributed by atoms with van der Waals surface area (Å²) in [5.41, 5.74) is 0.914. The Morgan fingerprint density at radius 3 is 3.00 bits per heavy atom. The van der Waals surface area contributed by atoms with Crippen molar-refractivity contribution in [2.75, 3.05) is 5.32 Å². The fourth-order valence-corrected chi connectivity index (χ4v) is 2.10. The lowest BCUT2D eigenvalue weighted by molar-refractivity contribution is 0.644. The molecule has 0 bridgehead atoms. The average Bonchev–Trinajstić information content (AvgIpc) is 2.79. The Hall–Kier alpha value is -1.07. The first kappa shape index (κ1) is 13.4. The van der Waals surface area contributed by atoms with Crippen molar-refractivity contribution in [1.82, 2.24) is 14.5 Å². The molecule has 0 amide bonds. The van der Waals surface area contributed by atoms with Gasteiger partial charge in [0.25, 0.3) is 0 Å². The van der Waals surface area contributed by atoms with E-state index in [1.165, 1.54) is 0 Å². The van der Waals surface area contributed by atoms with E-state index < -0.39 is 0 Å². The Kier molecular flexibility index (Phi) is 4.60. The molecular weight excluding hydrogens is 316 g/mol. The minimum Gasteiger partial charge on any atom is -0.377 e. The van der Waals surface area contributed by atoms with Crippen molar-refractivity contribution in [2.24, 2.45) is 0 Å². The number of hydrogen-bond acceptors (Lipinski definition) is 3. The molecular formula is C12H14BrClN4. The lowest BCUT2D eigenvalue weighted by Crippen LogP contribution is -2.08. The van der Waals surface area contributed by atoms with E-state index in [1.54, 1.807) is 6.20 Å². The number of aromatic nitrogens is 3. The van der Waals surface area contributed by atoms with E-state index in [2.05, 4.69) is 42.7 Å². The molecule has 0 aliphatic heterocycles. The van der Waals surface area contributed by atoms with Crippen LogP contribution in [0, 0.1) is 0 Å². The van der Waals surface area contributed by atoms with Crippen molar-refractivity contribution in [1.29, 1.82) is 0 Å². The molecule has 0 radical (unpaired) electrons. The van der Waals surface area contributed by atoms with Crippen LogP contribution in [0.5, 0.6) is 0 Å². The lowest BCUT2D eigenvalue weighted by atomic mass is 10.4. The third kappa shape index (κ3) is 3.23. The molecule has 0 aliphatic rings. The molecule has 0 spiro atoms. The van der Waals surface area contributed by atoms with Crippen LogP contribution in [0.15, 0.2) is 29.1 Å². The molecule has 0 unspecified atom stereocenters. The van der Waals surface area contributed by atoms with Crippen LogP contribution < -0.4 is 5.32 Å². The zero-order valence-electron chi connectivity index (χ0n) is 10.0. The van der Waals surface area contributed by atoms with Gasteiger partial charge in [-0.3, -0.25) is 0 Å². The molecule has 1 N–H and O–H groups in total. The zero-order valence-corrected chi connectivity index (χ0v) is 12.4. The summed E-state index contributed by atoms with van der Waals surface area (Å²) in [5.74, 6) is 1.02. The lowest BCUT2D eigenvalue weighted by Gasteiger charge is -2.09. The Bertz CT molecular complexity index is 527. The summed E-state index contributed by atoms with van der Waals surface area (Å²) in [6.45, 7) is 3.81. The number of rotatable bonds is 5. The molecule has 0 aliphatic carbocycles. The fourth-order valence-electron chi connectivity index (χ4n) is 1.65. The van der Waals surface area contributed by atoms with Crippen LogP contribution in [0.25, 0.3) is 0 Å². The standard InChI is InChI=1S/C12H14BrClN4/c1-2-4-18-5-3-15-11(18)8-16-9-6-10(13)12(14)17-7-9/h3,5-7,16H,2,4,8H2,1H3. The highest BCUT2D eigenvalue weighted by molar-refractivity contribution is 9.10. The van der Waals surface area contributed by atoms with E-state index >= 15 is 0 Å². The summed E-state index contributed by atoms with van der Waals surface area (Å²) in [6.07, 6.45) is 6.62. The van der Waals surface area contributed by atoms with Crippen molar-refractivity contribution < 1.29 is 0 Å². The van der Waals surface area contributed by atoms with Crippen molar-refractivity contribution in [3.8, 4) is 0 Å². The maximum atomic E-state index is 5.84. The Morgan fingerprint density at radius 2 is 2.28 bits per heavy atom. The van der Waals surface area contributed by atoms with E-state index in [9.17, 15) is 0 Å². The monoisotopic (exact) mass is 328 g/mol. The molecule has 0 saturated heterocycles. The van der Waals surface area contributed by atoms with Gasteiger partial charge in [-0.25, -0.2) is 9.97 Å². The molecule has 0 aromatic carbocycles. The summed E-state index contributed by atoms with van der Waals surface area (Å²) in [4.78, 5) is 8.40. The number of pyridine rings is 1. The third-order valence-corrected chi connectivity index (χ3v) is 3.65.